The lowest BCUT2D eigenvalue weighted by atomic mass is 9.82. The minimum absolute atomic E-state index is 0.137. The van der Waals surface area contributed by atoms with E-state index >= 15 is 0 Å². The molecule has 0 bridgehead atoms. The van der Waals surface area contributed by atoms with Crippen LogP contribution in [0.25, 0.3) is 0 Å². The molecule has 0 heterocycles. The van der Waals surface area contributed by atoms with Crippen LogP contribution in [0.15, 0.2) is 36.4 Å². The highest BCUT2D eigenvalue weighted by Gasteiger charge is 2.24. The second-order valence-corrected chi connectivity index (χ2v) is 16.1. The molecule has 16 heteroatoms. The second-order valence-electron chi connectivity index (χ2n) is 16.1. The highest BCUT2D eigenvalue weighted by Crippen LogP contribution is 2.32. The molecule has 0 spiro atoms. The molecule has 3 rings (SSSR count). The summed E-state index contributed by atoms with van der Waals surface area (Å²) in [5.74, 6) is -1.19. The van der Waals surface area contributed by atoms with Gasteiger partial charge in [-0.2, -0.15) is 0 Å². The SMILES string of the molecule is CCOC(=O)c1ccc(NC(=O)NCc2c(CC)c(CC)c(CC)c(CNC(=O)Nc3ccc(C(=O)OCC)cc3NC(=O)OC(C)(C)C)c2CC)c(NC(=O)OC(C)(C)C)c1. The molecule has 62 heavy (non-hydrogen) atoms. The Hall–Kier alpha value is -6.32. The monoisotopic (exact) mass is 860 g/mol. The summed E-state index contributed by atoms with van der Waals surface area (Å²) in [4.78, 5) is 77.8. The average Bonchev–Trinajstić information content (AvgIpc) is 3.18. The predicted molar refractivity (Wildman–Crippen MR) is 240 cm³/mol. The van der Waals surface area contributed by atoms with Gasteiger partial charge >= 0.3 is 36.2 Å². The zero-order chi connectivity index (χ0) is 46.4. The van der Waals surface area contributed by atoms with Gasteiger partial charge in [0.2, 0.25) is 0 Å². The van der Waals surface area contributed by atoms with Crippen molar-refractivity contribution in [2.45, 2.75) is 133 Å². The first-order chi connectivity index (χ1) is 29.2. The van der Waals surface area contributed by atoms with Crippen LogP contribution in [0.2, 0.25) is 0 Å². The Morgan fingerprint density at radius 3 is 1.08 bits per heavy atom. The predicted octanol–water partition coefficient (Wildman–Crippen LogP) is 9.63. The number of hydrogen-bond donors (Lipinski definition) is 6. The van der Waals surface area contributed by atoms with E-state index in [1.165, 1.54) is 36.4 Å². The zero-order valence-corrected chi connectivity index (χ0v) is 38.2. The van der Waals surface area contributed by atoms with Crippen LogP contribution >= 0.6 is 0 Å². The number of ether oxygens (including phenoxy) is 4. The first-order valence-electron chi connectivity index (χ1n) is 21.1. The van der Waals surface area contributed by atoms with Crippen molar-refractivity contribution in [3.05, 3.63) is 80.9 Å². The lowest BCUT2D eigenvalue weighted by molar-refractivity contribution is 0.0517. The summed E-state index contributed by atoms with van der Waals surface area (Å²) in [7, 11) is 0. The van der Waals surface area contributed by atoms with Crippen LogP contribution < -0.4 is 31.9 Å². The Bertz CT molecular complexity index is 1980. The molecule has 338 valence electrons. The van der Waals surface area contributed by atoms with Gasteiger partial charge in [0.25, 0.3) is 0 Å². The molecular formula is C46H64N6O10. The summed E-state index contributed by atoms with van der Waals surface area (Å²) in [5, 5.41) is 16.8. The number of carbonyl (C=O) groups excluding carboxylic acids is 6. The van der Waals surface area contributed by atoms with Gasteiger partial charge in [0.15, 0.2) is 0 Å². The van der Waals surface area contributed by atoms with Crippen molar-refractivity contribution < 1.29 is 47.7 Å². The van der Waals surface area contributed by atoms with Crippen molar-refractivity contribution in [1.29, 1.82) is 0 Å². The summed E-state index contributed by atoms with van der Waals surface area (Å²) in [6.07, 6.45) is 1.16. The molecule has 0 unspecified atom stereocenters. The van der Waals surface area contributed by atoms with Crippen LogP contribution in [-0.2, 0) is 57.7 Å². The Kier molecular flexibility index (Phi) is 18.2. The normalized spacial score (nSPS) is 11.2. The molecule has 0 radical (unpaired) electrons. The molecule has 0 fully saturated rings. The minimum Gasteiger partial charge on any atom is -0.462 e. The molecule has 0 aliphatic carbocycles. The van der Waals surface area contributed by atoms with Crippen LogP contribution in [0.1, 0.15) is 137 Å². The molecule has 0 aromatic heterocycles. The number of benzene rings is 3. The van der Waals surface area contributed by atoms with Crippen molar-refractivity contribution in [3.8, 4) is 0 Å². The fraction of sp³-hybridized carbons (Fsp3) is 0.478. The number of amides is 6. The van der Waals surface area contributed by atoms with Crippen molar-refractivity contribution in [2.75, 3.05) is 34.5 Å². The van der Waals surface area contributed by atoms with Gasteiger partial charge in [0.05, 0.1) is 47.1 Å². The van der Waals surface area contributed by atoms with Gasteiger partial charge in [0.1, 0.15) is 11.2 Å². The van der Waals surface area contributed by atoms with Gasteiger partial charge in [-0.1, -0.05) is 27.7 Å². The molecule has 3 aromatic carbocycles. The number of carbonyl (C=O) groups is 6. The summed E-state index contributed by atoms with van der Waals surface area (Å²) in [6.45, 7) is 22.5. The Morgan fingerprint density at radius 2 is 0.774 bits per heavy atom. The third-order valence-electron chi connectivity index (χ3n) is 9.28. The van der Waals surface area contributed by atoms with Gasteiger partial charge in [0, 0.05) is 13.1 Å². The van der Waals surface area contributed by atoms with Gasteiger partial charge in [-0.25, -0.2) is 28.8 Å². The average molecular weight is 861 g/mol. The maximum Gasteiger partial charge on any atom is 0.412 e. The first-order valence-corrected chi connectivity index (χ1v) is 21.1. The molecular weight excluding hydrogens is 797 g/mol. The molecule has 16 nitrogen and oxygen atoms in total. The number of anilines is 4. The number of hydrogen-bond acceptors (Lipinski definition) is 10. The van der Waals surface area contributed by atoms with Crippen LogP contribution in [-0.4, -0.2) is 60.6 Å². The Labute approximate surface area is 364 Å². The molecule has 0 aliphatic rings. The molecule has 0 aliphatic heterocycles. The fourth-order valence-electron chi connectivity index (χ4n) is 6.92. The van der Waals surface area contributed by atoms with Gasteiger partial charge in [-0.15, -0.1) is 0 Å². The smallest absolute Gasteiger partial charge is 0.412 e. The quantitative estimate of drug-likeness (QED) is 0.0593. The van der Waals surface area contributed by atoms with Crippen LogP contribution in [0, 0.1) is 0 Å². The van der Waals surface area contributed by atoms with Gasteiger partial charge < -0.3 is 40.2 Å². The number of urea groups is 2. The summed E-state index contributed by atoms with van der Waals surface area (Å²) in [6, 6.07) is 7.66. The van der Waals surface area contributed by atoms with E-state index in [1.807, 2.05) is 6.92 Å². The summed E-state index contributed by atoms with van der Waals surface area (Å²) >= 11 is 0. The third kappa shape index (κ3) is 14.4. The first kappa shape index (κ1) is 50.0. The lowest BCUT2D eigenvalue weighted by Gasteiger charge is -2.26. The minimum atomic E-state index is -0.798. The van der Waals surface area contributed by atoms with E-state index in [0.717, 1.165) is 33.4 Å². The number of rotatable bonds is 16. The largest absolute Gasteiger partial charge is 0.462 e. The van der Waals surface area contributed by atoms with Crippen molar-refractivity contribution in [3.63, 3.8) is 0 Å². The van der Waals surface area contributed by atoms with E-state index in [-0.39, 0.29) is 60.2 Å². The number of esters is 2. The van der Waals surface area contributed by atoms with E-state index in [4.69, 9.17) is 18.9 Å². The van der Waals surface area contributed by atoms with Crippen LogP contribution in [0.3, 0.4) is 0 Å². The second kappa shape index (κ2) is 22.5. The Balaban J connectivity index is 1.93. The molecule has 6 amide bonds. The molecule has 0 atom stereocenters. The fourth-order valence-corrected chi connectivity index (χ4v) is 6.92. The van der Waals surface area contributed by atoms with Crippen molar-refractivity contribution >= 4 is 58.9 Å². The maximum atomic E-state index is 13.6. The van der Waals surface area contributed by atoms with E-state index in [9.17, 15) is 28.8 Å². The van der Waals surface area contributed by atoms with E-state index in [1.54, 1.807) is 55.4 Å². The topological polar surface area (TPSA) is 212 Å². The lowest BCUT2D eigenvalue weighted by Crippen LogP contribution is -2.32. The highest BCUT2D eigenvalue weighted by atomic mass is 16.6. The van der Waals surface area contributed by atoms with E-state index in [0.29, 0.717) is 25.7 Å². The standard InChI is InChI=1S/C46H64N6O10/c1-13-29-30(14-2)33(25-47-41(55)49-35-21-19-27(39(53)59-17-5)23-37(35)51-43(57)61-45(7,8)9)32(16-4)34(31(29)15-3)26-48-42(56)50-36-22-20-28(40(54)60-18-6)24-38(36)52-44(58)62-46(10,11)12/h19-24H,13-18,25-26H2,1-12H3,(H,51,57)(H,52,58)(H2,47,49,55)(H2,48,50,56). The van der Waals surface area contributed by atoms with Crippen LogP contribution in [0.5, 0.6) is 0 Å². The molecule has 0 saturated carbocycles. The zero-order valence-electron chi connectivity index (χ0n) is 38.2. The van der Waals surface area contributed by atoms with Gasteiger partial charge in [-0.05, 0) is 151 Å². The maximum absolute atomic E-state index is 13.6. The summed E-state index contributed by atoms with van der Waals surface area (Å²) in [5.41, 5.74) is 5.67. The van der Waals surface area contributed by atoms with Gasteiger partial charge in [-0.3, -0.25) is 10.6 Å². The molecule has 6 N–H and O–H groups in total. The Morgan fingerprint density at radius 1 is 0.452 bits per heavy atom. The van der Waals surface area contributed by atoms with Crippen molar-refractivity contribution in [2.24, 2.45) is 0 Å². The molecule has 3 aromatic rings. The summed E-state index contributed by atoms with van der Waals surface area (Å²) < 4.78 is 21.1. The van der Waals surface area contributed by atoms with Crippen LogP contribution in [0.4, 0.5) is 41.9 Å². The highest BCUT2D eigenvalue weighted by molar-refractivity contribution is 6.01. The third-order valence-corrected chi connectivity index (χ3v) is 9.28. The number of nitrogens with one attached hydrogen (secondary N) is 6. The van der Waals surface area contributed by atoms with Crippen molar-refractivity contribution in [1.82, 2.24) is 10.6 Å². The van der Waals surface area contributed by atoms with E-state index < -0.39 is 47.4 Å². The van der Waals surface area contributed by atoms with E-state index in [2.05, 4.69) is 52.7 Å². The molecule has 0 saturated heterocycles.